The van der Waals surface area contributed by atoms with Crippen molar-refractivity contribution < 1.29 is 28.2 Å². The van der Waals surface area contributed by atoms with Gasteiger partial charge in [-0.25, -0.2) is 8.78 Å². The monoisotopic (exact) mass is 339 g/mol. The van der Waals surface area contributed by atoms with Gasteiger partial charge in [0.2, 0.25) is 5.91 Å². The number of carboxylic acid groups (broad SMARTS) is 1. The molecule has 1 saturated heterocycles. The minimum Gasteiger partial charge on any atom is -0.480 e. The van der Waals surface area contributed by atoms with Crippen molar-refractivity contribution in [2.24, 2.45) is 5.92 Å². The van der Waals surface area contributed by atoms with Crippen LogP contribution in [0.4, 0.5) is 8.78 Å². The van der Waals surface area contributed by atoms with Crippen LogP contribution < -0.4 is 0 Å². The zero-order chi connectivity index (χ0) is 17.3. The van der Waals surface area contributed by atoms with Gasteiger partial charge in [-0.05, 0) is 31.4 Å². The van der Waals surface area contributed by atoms with E-state index in [1.807, 2.05) is 0 Å². The summed E-state index contributed by atoms with van der Waals surface area (Å²) < 4.78 is 33.0. The lowest BCUT2D eigenvalue weighted by Gasteiger charge is -2.33. The number of benzene rings is 1. The summed E-state index contributed by atoms with van der Waals surface area (Å²) in [4.78, 5) is 25.2. The lowest BCUT2D eigenvalue weighted by atomic mass is 10.0. The first-order valence-electron chi connectivity index (χ1n) is 8.03. The number of ether oxygens (including phenoxy) is 1. The van der Waals surface area contributed by atoms with Gasteiger partial charge in [0.25, 0.3) is 0 Å². The second kappa shape index (κ2) is 6.84. The molecule has 0 radical (unpaired) electrons. The largest absolute Gasteiger partial charge is 0.480 e. The van der Waals surface area contributed by atoms with E-state index in [1.54, 1.807) is 0 Å². The van der Waals surface area contributed by atoms with Crippen molar-refractivity contribution >= 4 is 11.9 Å². The highest BCUT2D eigenvalue weighted by Gasteiger charge is 2.49. The molecule has 2 fully saturated rings. The van der Waals surface area contributed by atoms with E-state index in [0.29, 0.717) is 32.5 Å². The summed E-state index contributed by atoms with van der Waals surface area (Å²) in [6.45, 7) is 0.556. The van der Waals surface area contributed by atoms with Crippen LogP contribution in [0.25, 0.3) is 0 Å². The smallest absolute Gasteiger partial charge is 0.323 e. The Kier molecular flexibility index (Phi) is 4.80. The van der Waals surface area contributed by atoms with E-state index in [2.05, 4.69) is 0 Å². The fourth-order valence-corrected chi connectivity index (χ4v) is 3.39. The minimum atomic E-state index is -1.09. The number of hydrogen-bond donors (Lipinski definition) is 1. The Hall–Kier alpha value is -2.02. The Morgan fingerprint density at radius 3 is 2.42 bits per heavy atom. The number of carbonyl (C=O) groups is 2. The molecule has 1 aliphatic carbocycles. The van der Waals surface area contributed by atoms with Crippen LogP contribution >= 0.6 is 0 Å². The highest BCUT2D eigenvalue weighted by molar-refractivity contribution is 5.86. The Morgan fingerprint density at radius 2 is 1.83 bits per heavy atom. The Labute approximate surface area is 138 Å². The van der Waals surface area contributed by atoms with Crippen molar-refractivity contribution in [3.8, 4) is 0 Å². The highest BCUT2D eigenvalue weighted by Crippen LogP contribution is 2.50. The highest BCUT2D eigenvalue weighted by atomic mass is 19.1. The molecule has 0 bridgehead atoms. The van der Waals surface area contributed by atoms with E-state index in [4.69, 9.17) is 9.84 Å². The first-order valence-corrected chi connectivity index (χ1v) is 8.03. The molecular weight excluding hydrogens is 320 g/mol. The molecule has 3 rings (SSSR count). The third kappa shape index (κ3) is 3.40. The third-order valence-corrected chi connectivity index (χ3v) is 4.70. The van der Waals surface area contributed by atoms with Crippen molar-refractivity contribution in [3.63, 3.8) is 0 Å². The number of aliphatic carboxylic acids is 1. The maximum atomic E-state index is 13.9. The van der Waals surface area contributed by atoms with E-state index in [9.17, 15) is 18.4 Å². The second-order valence-electron chi connectivity index (χ2n) is 6.29. The molecule has 1 aromatic carbocycles. The quantitative estimate of drug-likeness (QED) is 0.893. The molecule has 1 heterocycles. The fourth-order valence-electron chi connectivity index (χ4n) is 3.39. The summed E-state index contributed by atoms with van der Waals surface area (Å²) in [5, 5.41) is 9.09. The first kappa shape index (κ1) is 16.8. The van der Waals surface area contributed by atoms with Crippen LogP contribution in [0.2, 0.25) is 0 Å². The number of nitrogens with zero attached hydrogens (tertiary/aromatic N) is 1. The molecule has 1 aromatic rings. The van der Waals surface area contributed by atoms with Crippen LogP contribution in [0.15, 0.2) is 18.2 Å². The standard InChI is InChI=1S/C17H19F2NO4/c18-13-2-1-3-14(19)16(13)11-8-12(11)17(23)20(9-15(21)22)10-4-6-24-7-5-10/h1-3,10-12H,4-9H2,(H,21,22)/t11-,12-/m0/s1. The molecule has 0 unspecified atom stereocenters. The van der Waals surface area contributed by atoms with Gasteiger partial charge in [0, 0.05) is 36.7 Å². The van der Waals surface area contributed by atoms with Gasteiger partial charge in [0.15, 0.2) is 0 Å². The lowest BCUT2D eigenvalue weighted by molar-refractivity contribution is -0.148. The molecule has 1 N–H and O–H groups in total. The first-order chi connectivity index (χ1) is 11.5. The SMILES string of the molecule is O=C(O)CN(C(=O)[C@H]1C[C@@H]1c1c(F)cccc1F)C1CCOCC1. The predicted octanol–water partition coefficient (Wildman–Crippen LogP) is 2.16. The van der Waals surface area contributed by atoms with Gasteiger partial charge in [-0.3, -0.25) is 9.59 Å². The summed E-state index contributed by atoms with van der Waals surface area (Å²) in [6.07, 6.45) is 1.49. The van der Waals surface area contributed by atoms with Gasteiger partial charge < -0.3 is 14.7 Å². The van der Waals surface area contributed by atoms with E-state index in [0.717, 1.165) is 0 Å². The fraction of sp³-hybridized carbons (Fsp3) is 0.529. The van der Waals surface area contributed by atoms with Crippen LogP contribution in [-0.2, 0) is 14.3 Å². The molecule has 1 aliphatic heterocycles. The van der Waals surface area contributed by atoms with Crippen molar-refractivity contribution in [1.82, 2.24) is 4.90 Å². The maximum Gasteiger partial charge on any atom is 0.323 e. The number of rotatable bonds is 5. The van der Waals surface area contributed by atoms with E-state index in [-0.39, 0.29) is 17.5 Å². The van der Waals surface area contributed by atoms with Crippen LogP contribution in [0, 0.1) is 17.6 Å². The Balaban J connectivity index is 1.75. The lowest BCUT2D eigenvalue weighted by Crippen LogP contribution is -2.46. The molecule has 24 heavy (non-hydrogen) atoms. The van der Waals surface area contributed by atoms with Gasteiger partial charge in [-0.2, -0.15) is 0 Å². The van der Waals surface area contributed by atoms with E-state index in [1.165, 1.54) is 23.1 Å². The molecule has 2 aliphatic rings. The number of carboxylic acids is 1. The number of amides is 1. The van der Waals surface area contributed by atoms with Gasteiger partial charge in [0.1, 0.15) is 18.2 Å². The van der Waals surface area contributed by atoms with Crippen LogP contribution in [-0.4, -0.2) is 47.7 Å². The van der Waals surface area contributed by atoms with Crippen molar-refractivity contribution in [2.75, 3.05) is 19.8 Å². The molecule has 2 atom stereocenters. The van der Waals surface area contributed by atoms with Crippen LogP contribution in [0.1, 0.15) is 30.7 Å². The van der Waals surface area contributed by atoms with Gasteiger partial charge >= 0.3 is 5.97 Å². The Morgan fingerprint density at radius 1 is 1.21 bits per heavy atom. The van der Waals surface area contributed by atoms with Gasteiger partial charge in [-0.1, -0.05) is 6.07 Å². The molecule has 130 valence electrons. The number of carbonyl (C=O) groups excluding carboxylic acids is 1. The van der Waals surface area contributed by atoms with Gasteiger partial charge in [0.05, 0.1) is 0 Å². The van der Waals surface area contributed by atoms with Crippen molar-refractivity contribution in [3.05, 3.63) is 35.4 Å². The topological polar surface area (TPSA) is 66.8 Å². The zero-order valence-electron chi connectivity index (χ0n) is 13.1. The van der Waals surface area contributed by atoms with Crippen molar-refractivity contribution in [1.29, 1.82) is 0 Å². The molecule has 0 spiro atoms. The second-order valence-corrected chi connectivity index (χ2v) is 6.29. The summed E-state index contributed by atoms with van der Waals surface area (Å²) in [6, 6.07) is 3.43. The van der Waals surface area contributed by atoms with E-state index >= 15 is 0 Å². The molecule has 7 heteroatoms. The minimum absolute atomic E-state index is 0.0712. The normalized spacial score (nSPS) is 23.8. The Bertz CT molecular complexity index is 625. The molecule has 5 nitrogen and oxygen atoms in total. The summed E-state index contributed by atoms with van der Waals surface area (Å²) in [5.74, 6) is -3.83. The number of hydrogen-bond acceptors (Lipinski definition) is 3. The summed E-state index contributed by atoms with van der Waals surface area (Å²) in [7, 11) is 0. The average Bonchev–Trinajstić information content (AvgIpc) is 3.33. The van der Waals surface area contributed by atoms with E-state index < -0.39 is 36.0 Å². The van der Waals surface area contributed by atoms with Crippen LogP contribution in [0.3, 0.4) is 0 Å². The summed E-state index contributed by atoms with van der Waals surface area (Å²) in [5.41, 5.74) is -0.0712. The zero-order valence-corrected chi connectivity index (χ0v) is 13.1. The molecule has 0 aromatic heterocycles. The van der Waals surface area contributed by atoms with Crippen molar-refractivity contribution in [2.45, 2.75) is 31.2 Å². The number of halogens is 2. The average molecular weight is 339 g/mol. The maximum absolute atomic E-state index is 13.9. The molecule has 1 amide bonds. The molecule has 1 saturated carbocycles. The third-order valence-electron chi connectivity index (χ3n) is 4.70. The molecular formula is C17H19F2NO4. The van der Waals surface area contributed by atoms with Gasteiger partial charge in [-0.15, -0.1) is 0 Å². The predicted molar refractivity (Wildman–Crippen MR) is 80.4 cm³/mol. The van der Waals surface area contributed by atoms with Crippen LogP contribution in [0.5, 0.6) is 0 Å². The summed E-state index contributed by atoms with van der Waals surface area (Å²) >= 11 is 0.